The average Bonchev–Trinajstić information content (AvgIpc) is 2.90. The van der Waals surface area contributed by atoms with E-state index < -0.39 is 17.7 Å². The van der Waals surface area contributed by atoms with Crippen molar-refractivity contribution in [1.82, 2.24) is 4.40 Å². The maximum atomic E-state index is 15.1. The second kappa shape index (κ2) is 4.87. The van der Waals surface area contributed by atoms with E-state index >= 15 is 4.39 Å². The highest BCUT2D eigenvalue weighted by molar-refractivity contribution is 9.10. The number of halogens is 4. The number of nitrogens with zero attached hydrogens (tertiary/aromatic N) is 1. The predicted octanol–water partition coefficient (Wildman–Crippen LogP) is 4.20. The standard InChI is InChI=1S/C15H9BrF3NO/c16-10-2-1-5-20-11(10)3-4-14(20)15(19)12(17)6-9(8-21)7-13(15)18/h1-8,12H. The maximum Gasteiger partial charge on any atom is 0.236 e. The minimum absolute atomic E-state index is 0.166. The zero-order chi connectivity index (χ0) is 15.2. The van der Waals surface area contributed by atoms with Crippen LogP contribution in [0.3, 0.4) is 0 Å². The van der Waals surface area contributed by atoms with E-state index in [2.05, 4.69) is 15.9 Å². The SMILES string of the molecule is O=CC1=CC(F)C(F)(c2ccc3c(Br)cccn23)C(F)=C1. The van der Waals surface area contributed by atoms with Crippen LogP contribution in [0.15, 0.2) is 58.5 Å². The second-order valence-electron chi connectivity index (χ2n) is 4.72. The van der Waals surface area contributed by atoms with Gasteiger partial charge in [-0.05, 0) is 52.3 Å². The van der Waals surface area contributed by atoms with Crippen molar-refractivity contribution in [3.63, 3.8) is 0 Å². The lowest BCUT2D eigenvalue weighted by atomic mass is 9.88. The Morgan fingerprint density at radius 2 is 2.10 bits per heavy atom. The van der Waals surface area contributed by atoms with Crippen LogP contribution in [0.25, 0.3) is 5.52 Å². The lowest BCUT2D eigenvalue weighted by Gasteiger charge is -2.28. The van der Waals surface area contributed by atoms with Crippen LogP contribution >= 0.6 is 15.9 Å². The summed E-state index contributed by atoms with van der Waals surface area (Å²) in [6.45, 7) is 0. The molecule has 2 atom stereocenters. The predicted molar refractivity (Wildman–Crippen MR) is 76.1 cm³/mol. The Hall–Kier alpha value is -1.82. The van der Waals surface area contributed by atoms with E-state index in [1.165, 1.54) is 16.7 Å². The number of hydrogen-bond donors (Lipinski definition) is 0. The molecule has 1 aliphatic rings. The molecule has 0 radical (unpaired) electrons. The molecule has 0 saturated carbocycles. The van der Waals surface area contributed by atoms with Gasteiger partial charge < -0.3 is 4.40 Å². The average molecular weight is 356 g/mol. The third-order valence-electron chi connectivity index (χ3n) is 3.51. The molecule has 2 aromatic rings. The van der Waals surface area contributed by atoms with Crippen molar-refractivity contribution in [3.8, 4) is 0 Å². The van der Waals surface area contributed by atoms with Crippen molar-refractivity contribution >= 4 is 27.7 Å². The number of alkyl halides is 2. The number of rotatable bonds is 2. The fraction of sp³-hybridized carbons (Fsp3) is 0.133. The molecule has 0 spiro atoms. The first-order valence-corrected chi connectivity index (χ1v) is 6.91. The summed E-state index contributed by atoms with van der Waals surface area (Å²) in [5, 5.41) is 0. The molecule has 0 fully saturated rings. The number of aromatic nitrogens is 1. The summed E-state index contributed by atoms with van der Waals surface area (Å²) < 4.78 is 45.5. The number of aldehydes is 1. The Labute approximate surface area is 126 Å². The highest BCUT2D eigenvalue weighted by Gasteiger charge is 2.49. The number of carbonyl (C=O) groups is 1. The summed E-state index contributed by atoms with van der Waals surface area (Å²) in [7, 11) is 0. The van der Waals surface area contributed by atoms with Gasteiger partial charge in [0.15, 0.2) is 6.17 Å². The van der Waals surface area contributed by atoms with Gasteiger partial charge in [-0.1, -0.05) is 0 Å². The zero-order valence-electron chi connectivity index (χ0n) is 10.6. The molecule has 0 aliphatic heterocycles. The number of carbonyl (C=O) groups excluding carboxylic acids is 1. The molecule has 0 saturated heterocycles. The Morgan fingerprint density at radius 1 is 1.33 bits per heavy atom. The van der Waals surface area contributed by atoms with Crippen LogP contribution in [-0.2, 0) is 10.5 Å². The van der Waals surface area contributed by atoms with Gasteiger partial charge in [0.1, 0.15) is 12.1 Å². The van der Waals surface area contributed by atoms with E-state index in [4.69, 9.17) is 0 Å². The normalized spacial score (nSPS) is 25.6. The van der Waals surface area contributed by atoms with E-state index in [0.29, 0.717) is 16.3 Å². The van der Waals surface area contributed by atoms with Crippen molar-refractivity contribution in [1.29, 1.82) is 0 Å². The molecule has 108 valence electrons. The summed E-state index contributed by atoms with van der Waals surface area (Å²) in [4.78, 5) is 10.6. The van der Waals surface area contributed by atoms with Crippen molar-refractivity contribution in [2.75, 3.05) is 0 Å². The molecule has 1 aliphatic carbocycles. The van der Waals surface area contributed by atoms with Crippen LogP contribution < -0.4 is 0 Å². The van der Waals surface area contributed by atoms with Crippen LogP contribution in [0.5, 0.6) is 0 Å². The monoisotopic (exact) mass is 355 g/mol. The number of pyridine rings is 1. The molecule has 3 rings (SSSR count). The van der Waals surface area contributed by atoms with E-state index in [-0.39, 0.29) is 11.3 Å². The fourth-order valence-corrected chi connectivity index (χ4v) is 2.93. The van der Waals surface area contributed by atoms with Gasteiger partial charge in [0.05, 0.1) is 11.2 Å². The van der Waals surface area contributed by atoms with Crippen molar-refractivity contribution in [2.24, 2.45) is 0 Å². The molecule has 0 amide bonds. The molecule has 2 nitrogen and oxygen atoms in total. The molecular formula is C15H9BrF3NO. The van der Waals surface area contributed by atoms with E-state index in [1.807, 2.05) is 0 Å². The molecule has 2 aromatic heterocycles. The summed E-state index contributed by atoms with van der Waals surface area (Å²) in [6.07, 6.45) is 1.04. The van der Waals surface area contributed by atoms with Crippen LogP contribution in [0, 0.1) is 0 Å². The molecule has 0 N–H and O–H groups in total. The first kappa shape index (κ1) is 14.1. The van der Waals surface area contributed by atoms with Gasteiger partial charge in [0, 0.05) is 16.2 Å². The van der Waals surface area contributed by atoms with Gasteiger partial charge >= 0.3 is 0 Å². The molecule has 2 heterocycles. The molecular weight excluding hydrogens is 347 g/mol. The highest BCUT2D eigenvalue weighted by Crippen LogP contribution is 2.44. The Morgan fingerprint density at radius 3 is 2.76 bits per heavy atom. The fourth-order valence-electron chi connectivity index (χ4n) is 2.45. The first-order chi connectivity index (χ1) is 9.98. The topological polar surface area (TPSA) is 21.5 Å². The minimum Gasteiger partial charge on any atom is -0.316 e. The van der Waals surface area contributed by atoms with Crippen LogP contribution in [0.4, 0.5) is 13.2 Å². The molecule has 6 heteroatoms. The summed E-state index contributed by atoms with van der Waals surface area (Å²) in [6, 6.07) is 6.28. The molecule has 0 aromatic carbocycles. The van der Waals surface area contributed by atoms with Gasteiger partial charge in [0.2, 0.25) is 5.67 Å². The largest absolute Gasteiger partial charge is 0.316 e. The third kappa shape index (κ3) is 1.97. The van der Waals surface area contributed by atoms with Gasteiger partial charge in [0.25, 0.3) is 0 Å². The quantitative estimate of drug-likeness (QED) is 0.740. The summed E-state index contributed by atoms with van der Waals surface area (Å²) in [5.74, 6) is -1.32. The third-order valence-corrected chi connectivity index (χ3v) is 4.18. The van der Waals surface area contributed by atoms with E-state index in [9.17, 15) is 13.6 Å². The first-order valence-electron chi connectivity index (χ1n) is 6.12. The minimum atomic E-state index is -2.94. The lowest BCUT2D eigenvalue weighted by molar-refractivity contribution is -0.104. The number of hydrogen-bond acceptors (Lipinski definition) is 1. The number of allylic oxidation sites excluding steroid dienone is 4. The van der Waals surface area contributed by atoms with Gasteiger partial charge in [-0.15, -0.1) is 0 Å². The molecule has 2 unspecified atom stereocenters. The summed E-state index contributed by atoms with van der Waals surface area (Å²) >= 11 is 3.30. The van der Waals surface area contributed by atoms with Gasteiger partial charge in [-0.2, -0.15) is 0 Å². The van der Waals surface area contributed by atoms with Crippen LogP contribution in [0.2, 0.25) is 0 Å². The molecule has 21 heavy (non-hydrogen) atoms. The van der Waals surface area contributed by atoms with E-state index in [1.54, 1.807) is 18.2 Å². The highest BCUT2D eigenvalue weighted by atomic mass is 79.9. The maximum absolute atomic E-state index is 15.1. The van der Waals surface area contributed by atoms with Gasteiger partial charge in [-0.25, -0.2) is 13.2 Å². The van der Waals surface area contributed by atoms with Crippen LogP contribution in [-0.4, -0.2) is 16.9 Å². The number of fused-ring (bicyclic) bond motifs is 1. The van der Waals surface area contributed by atoms with Crippen molar-refractivity contribution in [2.45, 2.75) is 11.8 Å². The smallest absolute Gasteiger partial charge is 0.236 e. The van der Waals surface area contributed by atoms with Crippen molar-refractivity contribution < 1.29 is 18.0 Å². The Balaban J connectivity index is 2.23. The summed E-state index contributed by atoms with van der Waals surface area (Å²) in [5.41, 5.74) is -2.73. The Kier molecular flexibility index (Phi) is 3.28. The Bertz CT molecular complexity index is 795. The molecule has 0 bridgehead atoms. The second-order valence-corrected chi connectivity index (χ2v) is 5.57. The van der Waals surface area contributed by atoms with Crippen LogP contribution in [0.1, 0.15) is 5.69 Å². The zero-order valence-corrected chi connectivity index (χ0v) is 12.1. The van der Waals surface area contributed by atoms with E-state index in [0.717, 1.165) is 12.2 Å². The van der Waals surface area contributed by atoms with Crippen molar-refractivity contribution in [3.05, 3.63) is 64.2 Å². The lowest BCUT2D eigenvalue weighted by Crippen LogP contribution is -2.35. The van der Waals surface area contributed by atoms with Gasteiger partial charge in [-0.3, -0.25) is 4.79 Å².